The van der Waals surface area contributed by atoms with Gasteiger partial charge in [-0.1, -0.05) is 54.6 Å². The van der Waals surface area contributed by atoms with E-state index in [-0.39, 0.29) is 5.91 Å². The molecule has 0 saturated heterocycles. The summed E-state index contributed by atoms with van der Waals surface area (Å²) in [4.78, 5) is 17.0. The van der Waals surface area contributed by atoms with E-state index in [0.717, 1.165) is 22.3 Å². The van der Waals surface area contributed by atoms with Gasteiger partial charge in [0.25, 0.3) is 5.91 Å². The maximum atomic E-state index is 12.8. The van der Waals surface area contributed by atoms with E-state index in [9.17, 15) is 4.79 Å². The first-order valence-corrected chi connectivity index (χ1v) is 8.97. The monoisotopic (exact) mass is 365 g/mol. The minimum atomic E-state index is -0.206. The number of carbonyl (C=O) groups is 1. The molecule has 0 atom stereocenters. The molecular weight excluding hydrogens is 346 g/mol. The highest BCUT2D eigenvalue weighted by Crippen LogP contribution is 2.28. The lowest BCUT2D eigenvalue weighted by Crippen LogP contribution is -2.13. The summed E-state index contributed by atoms with van der Waals surface area (Å²) in [5, 5.41) is 2.94. The second-order valence-electron chi connectivity index (χ2n) is 6.44. The van der Waals surface area contributed by atoms with Crippen LogP contribution in [0.15, 0.2) is 97.3 Å². The Morgan fingerprint density at radius 2 is 1.50 bits per heavy atom. The molecule has 0 fully saturated rings. The molecule has 0 radical (unpaired) electrons. The molecule has 4 heteroatoms. The third-order valence-electron chi connectivity index (χ3n) is 4.53. The lowest BCUT2D eigenvalue weighted by atomic mass is 10.0. The van der Waals surface area contributed by atoms with Gasteiger partial charge in [0.1, 0.15) is 0 Å². The van der Waals surface area contributed by atoms with Crippen LogP contribution in [0.1, 0.15) is 10.4 Å². The second kappa shape index (κ2) is 7.76. The summed E-state index contributed by atoms with van der Waals surface area (Å²) >= 11 is 0. The number of nitrogens with zero attached hydrogens (tertiary/aromatic N) is 1. The van der Waals surface area contributed by atoms with Crippen molar-refractivity contribution >= 4 is 17.3 Å². The van der Waals surface area contributed by atoms with Crippen LogP contribution in [0.25, 0.3) is 22.3 Å². The number of carbonyl (C=O) groups excluding carboxylic acids is 1. The Morgan fingerprint density at radius 1 is 0.750 bits per heavy atom. The van der Waals surface area contributed by atoms with Gasteiger partial charge in [-0.25, -0.2) is 0 Å². The summed E-state index contributed by atoms with van der Waals surface area (Å²) in [6.45, 7) is 0. The van der Waals surface area contributed by atoms with E-state index in [1.807, 2.05) is 78.9 Å². The van der Waals surface area contributed by atoms with Gasteiger partial charge in [-0.05, 0) is 47.0 Å². The third-order valence-corrected chi connectivity index (χ3v) is 4.53. The molecule has 4 aromatic rings. The number of nitrogens with two attached hydrogens (primary N) is 1. The van der Waals surface area contributed by atoms with Crippen molar-refractivity contribution in [1.82, 2.24) is 4.98 Å². The van der Waals surface area contributed by atoms with Gasteiger partial charge in [-0.2, -0.15) is 0 Å². The zero-order valence-corrected chi connectivity index (χ0v) is 15.2. The van der Waals surface area contributed by atoms with Gasteiger partial charge in [0.15, 0.2) is 0 Å². The van der Waals surface area contributed by atoms with Crippen LogP contribution in [0.4, 0.5) is 11.4 Å². The molecule has 4 rings (SSSR count). The number of hydrogen-bond donors (Lipinski definition) is 2. The number of amides is 1. The van der Waals surface area contributed by atoms with Crippen LogP contribution in [0, 0.1) is 0 Å². The Hall–Kier alpha value is -3.92. The minimum absolute atomic E-state index is 0.206. The van der Waals surface area contributed by atoms with Crippen molar-refractivity contribution in [2.24, 2.45) is 0 Å². The van der Waals surface area contributed by atoms with Crippen LogP contribution in [0.3, 0.4) is 0 Å². The fourth-order valence-electron chi connectivity index (χ4n) is 3.04. The number of aromatic nitrogens is 1. The van der Waals surface area contributed by atoms with E-state index >= 15 is 0 Å². The van der Waals surface area contributed by atoms with Crippen molar-refractivity contribution in [2.75, 3.05) is 11.1 Å². The molecule has 3 N–H and O–H groups in total. The summed E-state index contributed by atoms with van der Waals surface area (Å²) in [6, 6.07) is 26.9. The molecule has 4 nitrogen and oxygen atoms in total. The van der Waals surface area contributed by atoms with E-state index in [2.05, 4.69) is 10.3 Å². The summed E-state index contributed by atoms with van der Waals surface area (Å²) < 4.78 is 0. The fourth-order valence-corrected chi connectivity index (χ4v) is 3.04. The molecule has 0 spiro atoms. The zero-order chi connectivity index (χ0) is 19.3. The van der Waals surface area contributed by atoms with E-state index < -0.39 is 0 Å². The van der Waals surface area contributed by atoms with Crippen molar-refractivity contribution < 1.29 is 4.79 Å². The maximum Gasteiger partial charge on any atom is 0.255 e. The normalized spacial score (nSPS) is 10.4. The Kier molecular flexibility index (Phi) is 4.85. The lowest BCUT2D eigenvalue weighted by Gasteiger charge is -2.11. The quantitative estimate of drug-likeness (QED) is 0.485. The average molecular weight is 365 g/mol. The van der Waals surface area contributed by atoms with E-state index in [4.69, 9.17) is 5.73 Å². The van der Waals surface area contributed by atoms with Gasteiger partial charge >= 0.3 is 0 Å². The highest BCUT2D eigenvalue weighted by Gasteiger charge is 2.11. The SMILES string of the molecule is Nc1ccc(-c2ccccc2)cc1NC(=O)c1cccc(-c2cccnc2)c1. The summed E-state index contributed by atoms with van der Waals surface area (Å²) in [6.07, 6.45) is 3.50. The van der Waals surface area contributed by atoms with Crippen molar-refractivity contribution in [2.45, 2.75) is 0 Å². The van der Waals surface area contributed by atoms with Crippen LogP contribution >= 0.6 is 0 Å². The Bertz CT molecular complexity index is 1110. The van der Waals surface area contributed by atoms with E-state index in [1.54, 1.807) is 18.5 Å². The standard InChI is InChI=1S/C24H19N3O/c25-22-12-11-19(17-6-2-1-3-7-17)15-23(22)27-24(28)20-9-4-8-18(14-20)21-10-5-13-26-16-21/h1-16H,25H2,(H,27,28). The molecule has 28 heavy (non-hydrogen) atoms. The number of anilines is 2. The largest absolute Gasteiger partial charge is 0.397 e. The Labute approximate surface area is 163 Å². The number of rotatable bonds is 4. The van der Waals surface area contributed by atoms with Gasteiger partial charge in [0.05, 0.1) is 11.4 Å². The number of hydrogen-bond acceptors (Lipinski definition) is 3. The number of pyridine rings is 1. The summed E-state index contributed by atoms with van der Waals surface area (Å²) in [7, 11) is 0. The molecule has 1 amide bonds. The zero-order valence-electron chi connectivity index (χ0n) is 15.2. The number of nitrogen functional groups attached to an aromatic ring is 1. The molecule has 1 aromatic heterocycles. The van der Waals surface area contributed by atoms with Crippen molar-refractivity contribution in [1.29, 1.82) is 0 Å². The highest BCUT2D eigenvalue weighted by atomic mass is 16.1. The van der Waals surface area contributed by atoms with Crippen molar-refractivity contribution in [3.8, 4) is 22.3 Å². The van der Waals surface area contributed by atoms with E-state index in [1.165, 1.54) is 0 Å². The van der Waals surface area contributed by atoms with Gasteiger partial charge in [0, 0.05) is 23.5 Å². The predicted molar refractivity (Wildman–Crippen MR) is 114 cm³/mol. The average Bonchev–Trinajstić information content (AvgIpc) is 2.76. The summed E-state index contributed by atoms with van der Waals surface area (Å²) in [5.41, 5.74) is 11.7. The number of nitrogens with one attached hydrogen (secondary N) is 1. The van der Waals surface area contributed by atoms with Gasteiger partial charge in [-0.15, -0.1) is 0 Å². The smallest absolute Gasteiger partial charge is 0.255 e. The first kappa shape index (κ1) is 17.5. The number of benzene rings is 3. The maximum absolute atomic E-state index is 12.8. The molecular formula is C24H19N3O. The molecule has 3 aromatic carbocycles. The fraction of sp³-hybridized carbons (Fsp3) is 0. The predicted octanol–water partition coefficient (Wildman–Crippen LogP) is 5.25. The van der Waals surface area contributed by atoms with Crippen molar-refractivity contribution in [3.05, 3.63) is 103 Å². The molecule has 0 bridgehead atoms. The van der Waals surface area contributed by atoms with Crippen LogP contribution in [0.5, 0.6) is 0 Å². The first-order chi connectivity index (χ1) is 13.7. The second-order valence-corrected chi connectivity index (χ2v) is 6.44. The molecule has 0 aliphatic heterocycles. The van der Waals surface area contributed by atoms with Crippen LogP contribution in [-0.4, -0.2) is 10.9 Å². The topological polar surface area (TPSA) is 68.0 Å². The van der Waals surface area contributed by atoms with Crippen LogP contribution in [-0.2, 0) is 0 Å². The molecule has 0 saturated carbocycles. The first-order valence-electron chi connectivity index (χ1n) is 8.97. The molecule has 1 heterocycles. The minimum Gasteiger partial charge on any atom is -0.397 e. The van der Waals surface area contributed by atoms with Crippen molar-refractivity contribution in [3.63, 3.8) is 0 Å². The van der Waals surface area contributed by atoms with Gasteiger partial charge < -0.3 is 11.1 Å². The molecule has 136 valence electrons. The van der Waals surface area contributed by atoms with Crippen LogP contribution in [0.2, 0.25) is 0 Å². The van der Waals surface area contributed by atoms with Gasteiger partial charge in [-0.3, -0.25) is 9.78 Å². The Balaban J connectivity index is 1.61. The van der Waals surface area contributed by atoms with E-state index in [0.29, 0.717) is 16.9 Å². The Morgan fingerprint density at radius 3 is 2.29 bits per heavy atom. The van der Waals surface area contributed by atoms with Gasteiger partial charge in [0.2, 0.25) is 0 Å². The highest BCUT2D eigenvalue weighted by molar-refractivity contribution is 6.06. The van der Waals surface area contributed by atoms with Crippen LogP contribution < -0.4 is 11.1 Å². The molecule has 0 aliphatic rings. The molecule has 0 aliphatic carbocycles. The molecule has 0 unspecified atom stereocenters. The third kappa shape index (κ3) is 3.76. The summed E-state index contributed by atoms with van der Waals surface area (Å²) in [5.74, 6) is -0.206. The lowest BCUT2D eigenvalue weighted by molar-refractivity contribution is 0.102.